The fourth-order valence-corrected chi connectivity index (χ4v) is 2.88. The molecule has 1 aliphatic carbocycles. The number of Topliss-reactive ketones (excluding diaryl/α,β-unsaturated/α-hetero) is 1. The molecule has 0 bridgehead atoms. The van der Waals surface area contributed by atoms with Crippen molar-refractivity contribution in [2.45, 2.75) is 59.3 Å². The molecule has 1 aromatic rings. The third-order valence-electron chi connectivity index (χ3n) is 4.40. The van der Waals surface area contributed by atoms with E-state index in [0.29, 0.717) is 11.8 Å². The van der Waals surface area contributed by atoms with Crippen LogP contribution in [0.15, 0.2) is 12.1 Å². The molecule has 0 fully saturated rings. The van der Waals surface area contributed by atoms with Gasteiger partial charge < -0.3 is 0 Å². The fourth-order valence-electron chi connectivity index (χ4n) is 2.88. The normalized spacial score (nSPS) is 23.0. The topological polar surface area (TPSA) is 17.1 Å². The highest BCUT2D eigenvalue weighted by Crippen LogP contribution is 2.41. The number of benzene rings is 1. The van der Waals surface area contributed by atoms with Crippen LogP contribution in [0.2, 0.25) is 0 Å². The molecule has 1 aromatic carbocycles. The summed E-state index contributed by atoms with van der Waals surface area (Å²) in [6, 6.07) is 4.45. The van der Waals surface area contributed by atoms with E-state index >= 15 is 0 Å². The number of carbonyl (C=O) groups is 1. The van der Waals surface area contributed by atoms with Crippen molar-refractivity contribution in [1.29, 1.82) is 0 Å². The summed E-state index contributed by atoms with van der Waals surface area (Å²) in [5.74, 6) is 1.42. The van der Waals surface area contributed by atoms with Crippen LogP contribution in [-0.4, -0.2) is 5.78 Å². The van der Waals surface area contributed by atoms with E-state index in [2.05, 4.69) is 46.8 Å². The maximum atomic E-state index is 11.9. The lowest BCUT2D eigenvalue weighted by molar-refractivity contribution is 0.101. The Bertz CT molecular complexity index is 491. The molecule has 0 amide bonds. The van der Waals surface area contributed by atoms with Gasteiger partial charge >= 0.3 is 0 Å². The van der Waals surface area contributed by atoms with Gasteiger partial charge in [-0.05, 0) is 53.4 Å². The van der Waals surface area contributed by atoms with Crippen molar-refractivity contribution in [3.8, 4) is 0 Å². The molecule has 1 nitrogen and oxygen atoms in total. The van der Waals surface area contributed by atoms with Crippen molar-refractivity contribution in [2.75, 3.05) is 0 Å². The van der Waals surface area contributed by atoms with Gasteiger partial charge in [-0.1, -0.05) is 40.7 Å². The van der Waals surface area contributed by atoms with E-state index in [1.165, 1.54) is 16.7 Å². The van der Waals surface area contributed by atoms with Gasteiger partial charge in [0.05, 0.1) is 0 Å². The average molecular weight is 244 g/mol. The lowest BCUT2D eigenvalue weighted by atomic mass is 9.82. The summed E-state index contributed by atoms with van der Waals surface area (Å²) in [4.78, 5) is 11.9. The minimum atomic E-state index is 0.102. The Hall–Kier alpha value is -1.11. The first-order valence-electron chi connectivity index (χ1n) is 6.90. The molecule has 0 aromatic heterocycles. The van der Waals surface area contributed by atoms with Crippen LogP contribution in [0.3, 0.4) is 0 Å². The largest absolute Gasteiger partial charge is 0.295 e. The van der Waals surface area contributed by atoms with Gasteiger partial charge in [-0.25, -0.2) is 0 Å². The van der Waals surface area contributed by atoms with Crippen LogP contribution in [0.1, 0.15) is 74.5 Å². The molecule has 0 saturated heterocycles. The smallest absolute Gasteiger partial charge is 0.160 e. The van der Waals surface area contributed by atoms with E-state index in [9.17, 15) is 4.79 Å². The van der Waals surface area contributed by atoms with Gasteiger partial charge in [0.2, 0.25) is 0 Å². The molecule has 1 aliphatic rings. The number of ketones is 1. The SMILES string of the molecule is CC(=O)c1cc(C(C)(C)C)cc2c1CC(C)C2C. The van der Waals surface area contributed by atoms with Gasteiger partial charge in [0.15, 0.2) is 5.78 Å². The number of carbonyl (C=O) groups excluding carboxylic acids is 1. The number of hydrogen-bond acceptors (Lipinski definition) is 1. The van der Waals surface area contributed by atoms with E-state index in [0.717, 1.165) is 12.0 Å². The van der Waals surface area contributed by atoms with Crippen LogP contribution >= 0.6 is 0 Å². The quantitative estimate of drug-likeness (QED) is 0.666. The summed E-state index contributed by atoms with van der Waals surface area (Å²) in [7, 11) is 0. The first-order chi connectivity index (χ1) is 8.21. The molecule has 18 heavy (non-hydrogen) atoms. The zero-order chi connectivity index (χ0) is 13.7. The van der Waals surface area contributed by atoms with Crippen LogP contribution in [0.5, 0.6) is 0 Å². The van der Waals surface area contributed by atoms with Crippen LogP contribution in [-0.2, 0) is 11.8 Å². The van der Waals surface area contributed by atoms with Crippen molar-refractivity contribution < 1.29 is 4.79 Å². The molecule has 98 valence electrons. The highest BCUT2D eigenvalue weighted by Gasteiger charge is 2.30. The van der Waals surface area contributed by atoms with E-state index in [-0.39, 0.29) is 11.2 Å². The van der Waals surface area contributed by atoms with Crippen LogP contribution < -0.4 is 0 Å². The van der Waals surface area contributed by atoms with Gasteiger partial charge in [0.1, 0.15) is 0 Å². The van der Waals surface area contributed by atoms with E-state index in [1.54, 1.807) is 6.92 Å². The van der Waals surface area contributed by atoms with E-state index in [4.69, 9.17) is 0 Å². The Labute approximate surface area is 111 Å². The van der Waals surface area contributed by atoms with E-state index < -0.39 is 0 Å². The molecular formula is C17H24O. The standard InChI is InChI=1S/C17H24O/c1-10-7-16-14(11(10)2)8-13(17(4,5)6)9-15(16)12(3)18/h8-11H,7H2,1-6H3. The second kappa shape index (κ2) is 4.22. The van der Waals surface area contributed by atoms with Crippen LogP contribution in [0.25, 0.3) is 0 Å². The summed E-state index contributed by atoms with van der Waals surface area (Å²) in [6.45, 7) is 12.9. The first-order valence-corrected chi connectivity index (χ1v) is 6.90. The summed E-state index contributed by atoms with van der Waals surface area (Å²) >= 11 is 0. The molecule has 0 N–H and O–H groups in total. The van der Waals surface area contributed by atoms with Crippen molar-refractivity contribution in [1.82, 2.24) is 0 Å². The van der Waals surface area contributed by atoms with Gasteiger partial charge in [-0.15, -0.1) is 0 Å². The zero-order valence-electron chi connectivity index (χ0n) is 12.4. The second-order valence-corrected chi connectivity index (χ2v) is 6.87. The second-order valence-electron chi connectivity index (χ2n) is 6.87. The fraction of sp³-hybridized carbons (Fsp3) is 0.588. The van der Waals surface area contributed by atoms with Gasteiger partial charge in [0.25, 0.3) is 0 Å². The first kappa shape index (κ1) is 13.3. The third kappa shape index (κ3) is 2.11. The molecule has 0 spiro atoms. The monoisotopic (exact) mass is 244 g/mol. The van der Waals surface area contributed by atoms with Crippen LogP contribution in [0, 0.1) is 5.92 Å². The van der Waals surface area contributed by atoms with Crippen molar-refractivity contribution >= 4 is 5.78 Å². The minimum absolute atomic E-state index is 0.102. The lowest BCUT2D eigenvalue weighted by Crippen LogP contribution is -2.14. The average Bonchev–Trinajstić information content (AvgIpc) is 2.52. The molecule has 2 rings (SSSR count). The lowest BCUT2D eigenvalue weighted by Gasteiger charge is -2.22. The highest BCUT2D eigenvalue weighted by molar-refractivity contribution is 5.96. The number of fused-ring (bicyclic) bond motifs is 1. The van der Waals surface area contributed by atoms with E-state index in [1.807, 2.05) is 0 Å². The molecule has 2 unspecified atom stereocenters. The highest BCUT2D eigenvalue weighted by atomic mass is 16.1. The Balaban J connectivity index is 2.66. The Morgan fingerprint density at radius 3 is 2.33 bits per heavy atom. The predicted octanol–water partition coefficient (Wildman–Crippen LogP) is 4.48. The minimum Gasteiger partial charge on any atom is -0.295 e. The van der Waals surface area contributed by atoms with Gasteiger partial charge in [-0.3, -0.25) is 4.79 Å². The maximum Gasteiger partial charge on any atom is 0.160 e. The molecule has 1 heteroatoms. The summed E-state index contributed by atoms with van der Waals surface area (Å²) < 4.78 is 0. The summed E-state index contributed by atoms with van der Waals surface area (Å²) in [5.41, 5.74) is 5.04. The maximum absolute atomic E-state index is 11.9. The summed E-state index contributed by atoms with van der Waals surface area (Å²) in [6.07, 6.45) is 1.05. The third-order valence-corrected chi connectivity index (χ3v) is 4.40. The Morgan fingerprint density at radius 2 is 1.83 bits per heavy atom. The molecule has 0 heterocycles. The molecule has 2 atom stereocenters. The zero-order valence-corrected chi connectivity index (χ0v) is 12.4. The molecule has 0 radical (unpaired) electrons. The number of hydrogen-bond donors (Lipinski definition) is 0. The van der Waals surface area contributed by atoms with Crippen LogP contribution in [0.4, 0.5) is 0 Å². The van der Waals surface area contributed by atoms with Crippen molar-refractivity contribution in [3.63, 3.8) is 0 Å². The Morgan fingerprint density at radius 1 is 1.22 bits per heavy atom. The summed E-state index contributed by atoms with van der Waals surface area (Å²) in [5, 5.41) is 0. The molecule has 0 aliphatic heterocycles. The van der Waals surface area contributed by atoms with Gasteiger partial charge in [0, 0.05) is 5.56 Å². The molecule has 0 saturated carbocycles. The Kier molecular flexibility index (Phi) is 3.12. The predicted molar refractivity (Wildman–Crippen MR) is 76.4 cm³/mol. The van der Waals surface area contributed by atoms with Crippen molar-refractivity contribution in [3.05, 3.63) is 34.4 Å². The van der Waals surface area contributed by atoms with Crippen molar-refractivity contribution in [2.24, 2.45) is 5.92 Å². The van der Waals surface area contributed by atoms with Gasteiger partial charge in [-0.2, -0.15) is 0 Å². The number of rotatable bonds is 1. The molecular weight excluding hydrogens is 220 g/mol.